The second-order valence-corrected chi connectivity index (χ2v) is 6.58. The first kappa shape index (κ1) is 16.8. The minimum absolute atomic E-state index is 0.0329. The number of nitrogens with zero attached hydrogens (tertiary/aromatic N) is 3. The van der Waals surface area contributed by atoms with Crippen LogP contribution in [-0.4, -0.2) is 26.7 Å². The molecule has 3 aromatic carbocycles. The Kier molecular flexibility index (Phi) is 3.53. The Morgan fingerprint density at radius 1 is 0.897 bits per heavy atom. The van der Waals surface area contributed by atoms with Gasteiger partial charge in [-0.15, -0.1) is 0 Å². The first-order valence-electron chi connectivity index (χ1n) is 8.75. The monoisotopic (exact) mass is 384 g/mol. The Morgan fingerprint density at radius 2 is 1.62 bits per heavy atom. The van der Waals surface area contributed by atoms with Gasteiger partial charge in [0.05, 0.1) is 32.8 Å². The Hall–Kier alpha value is -4.33. The molecule has 0 spiro atoms. The molecule has 29 heavy (non-hydrogen) atoms. The van der Waals surface area contributed by atoms with Gasteiger partial charge in [-0.25, -0.2) is 9.88 Å². The number of aromatic amines is 1. The average Bonchev–Trinajstić information content (AvgIpc) is 3.27. The molecule has 0 unspecified atom stereocenters. The lowest BCUT2D eigenvalue weighted by molar-refractivity contribution is -0.384. The summed E-state index contributed by atoms with van der Waals surface area (Å²) < 4.78 is 0. The van der Waals surface area contributed by atoms with Gasteiger partial charge in [-0.05, 0) is 42.5 Å². The number of para-hydroxylation sites is 2. The van der Waals surface area contributed by atoms with E-state index in [0.29, 0.717) is 11.5 Å². The number of fused-ring (bicyclic) bond motifs is 2. The molecule has 2 heterocycles. The van der Waals surface area contributed by atoms with E-state index in [1.165, 1.54) is 12.1 Å². The normalized spacial score (nSPS) is 13.2. The van der Waals surface area contributed by atoms with Crippen LogP contribution < -0.4 is 4.90 Å². The van der Waals surface area contributed by atoms with Gasteiger partial charge in [0.2, 0.25) is 0 Å². The number of imidazole rings is 1. The van der Waals surface area contributed by atoms with Crippen molar-refractivity contribution in [2.75, 3.05) is 4.90 Å². The van der Waals surface area contributed by atoms with Gasteiger partial charge in [0, 0.05) is 17.7 Å². The third-order valence-corrected chi connectivity index (χ3v) is 4.87. The van der Waals surface area contributed by atoms with Crippen LogP contribution in [0.3, 0.4) is 0 Å². The zero-order valence-corrected chi connectivity index (χ0v) is 14.8. The molecule has 1 aromatic heterocycles. The second-order valence-electron chi connectivity index (χ2n) is 6.58. The standard InChI is InChI=1S/C21H12N4O4/c26-20-15-10-9-14(25(28)29)11-16(15)21(27)24(20)13-7-5-12(6-8-13)19-22-17-3-1-2-4-18(17)23-19/h1-11H,(H,22,23). The van der Waals surface area contributed by atoms with Crippen molar-refractivity contribution in [2.24, 2.45) is 0 Å². The van der Waals surface area contributed by atoms with Crippen molar-refractivity contribution in [1.29, 1.82) is 0 Å². The van der Waals surface area contributed by atoms with E-state index in [9.17, 15) is 19.7 Å². The van der Waals surface area contributed by atoms with Crippen molar-refractivity contribution in [3.63, 3.8) is 0 Å². The quantitative estimate of drug-likeness (QED) is 0.327. The number of aromatic nitrogens is 2. The number of amides is 2. The van der Waals surface area contributed by atoms with Gasteiger partial charge in [-0.1, -0.05) is 12.1 Å². The maximum atomic E-state index is 12.7. The molecular formula is C21H12N4O4. The first-order valence-corrected chi connectivity index (χ1v) is 8.75. The Bertz CT molecular complexity index is 1290. The molecule has 5 rings (SSSR count). The van der Waals surface area contributed by atoms with Crippen LogP contribution in [0.2, 0.25) is 0 Å². The van der Waals surface area contributed by atoms with Crippen molar-refractivity contribution in [2.45, 2.75) is 0 Å². The summed E-state index contributed by atoms with van der Waals surface area (Å²) >= 11 is 0. The Labute approximate surface area is 163 Å². The molecule has 0 bridgehead atoms. The highest BCUT2D eigenvalue weighted by Crippen LogP contribution is 2.32. The van der Waals surface area contributed by atoms with E-state index in [0.717, 1.165) is 27.6 Å². The van der Waals surface area contributed by atoms with Gasteiger partial charge in [0.15, 0.2) is 0 Å². The van der Waals surface area contributed by atoms with Crippen molar-refractivity contribution in [3.8, 4) is 11.4 Å². The number of nitro benzene ring substituents is 1. The number of hydrogen-bond acceptors (Lipinski definition) is 5. The third-order valence-electron chi connectivity index (χ3n) is 4.87. The van der Waals surface area contributed by atoms with E-state index in [2.05, 4.69) is 9.97 Å². The van der Waals surface area contributed by atoms with Crippen LogP contribution >= 0.6 is 0 Å². The summed E-state index contributed by atoms with van der Waals surface area (Å²) in [4.78, 5) is 44.5. The molecule has 4 aromatic rings. The van der Waals surface area contributed by atoms with Gasteiger partial charge < -0.3 is 4.98 Å². The lowest BCUT2D eigenvalue weighted by Crippen LogP contribution is -2.29. The molecule has 1 aliphatic rings. The topological polar surface area (TPSA) is 109 Å². The molecule has 8 heteroatoms. The van der Waals surface area contributed by atoms with Gasteiger partial charge in [0.25, 0.3) is 17.5 Å². The molecule has 0 saturated carbocycles. The predicted octanol–water partition coefficient (Wildman–Crippen LogP) is 3.94. The van der Waals surface area contributed by atoms with Crippen LogP contribution in [0.5, 0.6) is 0 Å². The number of benzene rings is 3. The zero-order chi connectivity index (χ0) is 20.1. The molecule has 0 atom stereocenters. The average molecular weight is 384 g/mol. The first-order chi connectivity index (χ1) is 14.0. The summed E-state index contributed by atoms with van der Waals surface area (Å²) in [5.41, 5.74) is 2.90. The highest BCUT2D eigenvalue weighted by molar-refractivity contribution is 6.34. The van der Waals surface area contributed by atoms with Crippen LogP contribution in [-0.2, 0) is 0 Å². The van der Waals surface area contributed by atoms with Gasteiger partial charge in [-0.2, -0.15) is 0 Å². The predicted molar refractivity (Wildman–Crippen MR) is 106 cm³/mol. The van der Waals surface area contributed by atoms with Crippen LogP contribution in [0, 0.1) is 10.1 Å². The number of carbonyl (C=O) groups is 2. The second kappa shape index (κ2) is 6.10. The number of non-ortho nitro benzene ring substituents is 1. The fraction of sp³-hybridized carbons (Fsp3) is 0. The van der Waals surface area contributed by atoms with Crippen LogP contribution in [0.15, 0.2) is 66.7 Å². The third kappa shape index (κ3) is 2.58. The Morgan fingerprint density at radius 3 is 2.34 bits per heavy atom. The number of nitrogens with one attached hydrogen (secondary N) is 1. The van der Waals surface area contributed by atoms with E-state index >= 15 is 0 Å². The fourth-order valence-electron chi connectivity index (χ4n) is 3.43. The molecule has 1 N–H and O–H groups in total. The summed E-state index contributed by atoms with van der Waals surface area (Å²) in [7, 11) is 0. The summed E-state index contributed by atoms with van der Waals surface area (Å²) in [5.74, 6) is -0.405. The number of hydrogen-bond donors (Lipinski definition) is 1. The van der Waals surface area contributed by atoms with E-state index in [1.54, 1.807) is 24.3 Å². The Balaban J connectivity index is 1.49. The summed E-state index contributed by atoms with van der Waals surface area (Å²) in [6.45, 7) is 0. The number of imide groups is 1. The molecule has 2 amide bonds. The molecular weight excluding hydrogens is 372 g/mol. The number of carbonyl (C=O) groups excluding carboxylic acids is 2. The molecule has 0 saturated heterocycles. The molecule has 0 fully saturated rings. The van der Waals surface area contributed by atoms with E-state index in [4.69, 9.17) is 0 Å². The van der Waals surface area contributed by atoms with Crippen LogP contribution in [0.4, 0.5) is 11.4 Å². The summed E-state index contributed by atoms with van der Waals surface area (Å²) in [5, 5.41) is 11.0. The highest BCUT2D eigenvalue weighted by Gasteiger charge is 2.37. The number of rotatable bonds is 3. The zero-order valence-electron chi connectivity index (χ0n) is 14.8. The van der Waals surface area contributed by atoms with Gasteiger partial charge in [0.1, 0.15) is 5.82 Å². The highest BCUT2D eigenvalue weighted by atomic mass is 16.6. The van der Waals surface area contributed by atoms with Crippen LogP contribution in [0.1, 0.15) is 20.7 Å². The van der Waals surface area contributed by atoms with Crippen molar-refractivity contribution >= 4 is 34.2 Å². The van der Waals surface area contributed by atoms with E-state index < -0.39 is 16.7 Å². The van der Waals surface area contributed by atoms with Gasteiger partial charge in [-0.3, -0.25) is 19.7 Å². The minimum atomic E-state index is -0.594. The van der Waals surface area contributed by atoms with E-state index in [1.807, 2.05) is 24.3 Å². The number of H-pyrrole nitrogens is 1. The molecule has 1 aliphatic heterocycles. The summed E-state index contributed by atoms with van der Waals surface area (Å²) in [6.07, 6.45) is 0. The fourth-order valence-corrected chi connectivity index (χ4v) is 3.43. The maximum absolute atomic E-state index is 12.7. The van der Waals surface area contributed by atoms with Crippen molar-refractivity contribution in [3.05, 3.63) is 88.0 Å². The minimum Gasteiger partial charge on any atom is -0.338 e. The lowest BCUT2D eigenvalue weighted by atomic mass is 10.1. The number of nitro groups is 1. The largest absolute Gasteiger partial charge is 0.338 e. The smallest absolute Gasteiger partial charge is 0.270 e. The molecule has 0 radical (unpaired) electrons. The number of anilines is 1. The van der Waals surface area contributed by atoms with Crippen LogP contribution in [0.25, 0.3) is 22.4 Å². The van der Waals surface area contributed by atoms with E-state index in [-0.39, 0.29) is 16.8 Å². The summed E-state index contributed by atoms with van der Waals surface area (Å²) in [6, 6.07) is 18.2. The molecule has 0 aliphatic carbocycles. The van der Waals surface area contributed by atoms with Crippen molar-refractivity contribution in [1.82, 2.24) is 9.97 Å². The lowest BCUT2D eigenvalue weighted by Gasteiger charge is -2.14. The van der Waals surface area contributed by atoms with Crippen molar-refractivity contribution < 1.29 is 14.5 Å². The molecule has 8 nitrogen and oxygen atoms in total. The maximum Gasteiger partial charge on any atom is 0.270 e. The van der Waals surface area contributed by atoms with Gasteiger partial charge >= 0.3 is 0 Å². The SMILES string of the molecule is O=C1c2ccc([N+](=O)[O-])cc2C(=O)N1c1ccc(-c2nc3ccccc3[nH]2)cc1. The molecule has 140 valence electrons.